The number of amides is 1. The Kier molecular flexibility index (Phi) is 6.44. The third kappa shape index (κ3) is 5.18. The second-order valence-corrected chi connectivity index (χ2v) is 8.73. The molecule has 160 valence electrons. The van der Waals surface area contributed by atoms with Crippen LogP contribution in [0.3, 0.4) is 0 Å². The molecule has 0 fully saturated rings. The number of carbonyl (C=O) groups excluding carboxylic acids is 2. The Labute approximate surface area is 185 Å². The fourth-order valence-corrected chi connectivity index (χ4v) is 4.82. The van der Waals surface area contributed by atoms with Crippen molar-refractivity contribution in [1.29, 1.82) is 0 Å². The van der Waals surface area contributed by atoms with Gasteiger partial charge in [-0.3, -0.25) is 14.5 Å². The summed E-state index contributed by atoms with van der Waals surface area (Å²) in [4.78, 5) is 32.6. The first kappa shape index (κ1) is 21.2. The highest BCUT2D eigenvalue weighted by molar-refractivity contribution is 7.15. The summed E-state index contributed by atoms with van der Waals surface area (Å²) in [5, 5.41) is 3.55. The minimum Gasteiger partial charge on any atom is -0.496 e. The van der Waals surface area contributed by atoms with Gasteiger partial charge in [-0.05, 0) is 30.7 Å². The summed E-state index contributed by atoms with van der Waals surface area (Å²) < 4.78 is 5.35. The maximum absolute atomic E-state index is 12.7. The fourth-order valence-electron chi connectivity index (χ4n) is 3.75. The third-order valence-electron chi connectivity index (χ3n) is 5.34. The number of methoxy groups -OCH3 is 1. The monoisotopic (exact) mass is 435 g/mol. The van der Waals surface area contributed by atoms with E-state index in [0.29, 0.717) is 22.0 Å². The molecule has 4 rings (SSSR count). The van der Waals surface area contributed by atoms with E-state index in [1.54, 1.807) is 25.3 Å². The molecule has 6 nitrogen and oxygen atoms in total. The predicted molar refractivity (Wildman–Crippen MR) is 122 cm³/mol. The number of ketones is 1. The van der Waals surface area contributed by atoms with Crippen molar-refractivity contribution in [2.75, 3.05) is 19.0 Å². The first-order valence-electron chi connectivity index (χ1n) is 10.2. The number of Topliss-reactive ketones (excluding diaryl/α,β-unsaturated/α-hetero) is 1. The second kappa shape index (κ2) is 9.41. The summed E-state index contributed by atoms with van der Waals surface area (Å²) >= 11 is 1.54. The SMILES string of the molecule is COc1ccc(C(C)=O)cc1CC(=O)Nc1nc2c(s1)CN(Cc1ccccc1)CC2. The van der Waals surface area contributed by atoms with E-state index in [1.165, 1.54) is 28.7 Å². The van der Waals surface area contributed by atoms with Gasteiger partial charge in [0.25, 0.3) is 0 Å². The Morgan fingerprint density at radius 1 is 1.19 bits per heavy atom. The molecule has 0 aliphatic carbocycles. The highest BCUT2D eigenvalue weighted by Gasteiger charge is 2.22. The maximum atomic E-state index is 12.7. The van der Waals surface area contributed by atoms with Gasteiger partial charge in [-0.25, -0.2) is 4.98 Å². The summed E-state index contributed by atoms with van der Waals surface area (Å²) in [7, 11) is 1.56. The number of thiazole rings is 1. The molecule has 2 heterocycles. The van der Waals surface area contributed by atoms with Crippen molar-refractivity contribution in [2.24, 2.45) is 0 Å². The molecule has 0 saturated heterocycles. The Balaban J connectivity index is 1.41. The molecule has 0 atom stereocenters. The van der Waals surface area contributed by atoms with Crippen LogP contribution in [0.2, 0.25) is 0 Å². The molecule has 1 aliphatic rings. The molecule has 0 spiro atoms. The number of rotatable bonds is 7. The van der Waals surface area contributed by atoms with Gasteiger partial charge >= 0.3 is 0 Å². The van der Waals surface area contributed by atoms with E-state index in [-0.39, 0.29) is 18.1 Å². The molecule has 0 saturated carbocycles. The Hall–Kier alpha value is -3.03. The van der Waals surface area contributed by atoms with Gasteiger partial charge in [0.2, 0.25) is 5.91 Å². The smallest absolute Gasteiger partial charge is 0.230 e. The molecule has 0 bridgehead atoms. The van der Waals surface area contributed by atoms with E-state index < -0.39 is 0 Å². The van der Waals surface area contributed by atoms with Gasteiger partial charge in [0, 0.05) is 42.1 Å². The highest BCUT2D eigenvalue weighted by Crippen LogP contribution is 2.29. The van der Waals surface area contributed by atoms with Crippen LogP contribution in [-0.2, 0) is 30.7 Å². The van der Waals surface area contributed by atoms with Gasteiger partial charge in [-0.15, -0.1) is 11.3 Å². The van der Waals surface area contributed by atoms with Crippen molar-refractivity contribution < 1.29 is 14.3 Å². The molecule has 2 aromatic carbocycles. The van der Waals surface area contributed by atoms with Crippen LogP contribution in [-0.4, -0.2) is 35.2 Å². The van der Waals surface area contributed by atoms with Gasteiger partial charge in [0.15, 0.2) is 10.9 Å². The van der Waals surface area contributed by atoms with Crippen LogP contribution >= 0.6 is 11.3 Å². The van der Waals surface area contributed by atoms with Crippen molar-refractivity contribution in [2.45, 2.75) is 32.9 Å². The van der Waals surface area contributed by atoms with E-state index in [4.69, 9.17) is 4.74 Å². The van der Waals surface area contributed by atoms with Crippen LogP contribution in [0.25, 0.3) is 0 Å². The number of carbonyl (C=O) groups is 2. The van der Waals surface area contributed by atoms with Crippen LogP contribution in [0.15, 0.2) is 48.5 Å². The zero-order chi connectivity index (χ0) is 21.8. The average molecular weight is 436 g/mol. The van der Waals surface area contributed by atoms with Crippen LogP contribution in [0.5, 0.6) is 5.75 Å². The molecule has 7 heteroatoms. The highest BCUT2D eigenvalue weighted by atomic mass is 32.1. The Morgan fingerprint density at radius 3 is 2.74 bits per heavy atom. The lowest BCUT2D eigenvalue weighted by molar-refractivity contribution is -0.115. The van der Waals surface area contributed by atoms with Crippen molar-refractivity contribution in [3.8, 4) is 5.75 Å². The molecule has 1 N–H and O–H groups in total. The average Bonchev–Trinajstić information content (AvgIpc) is 3.15. The van der Waals surface area contributed by atoms with Crippen LogP contribution < -0.4 is 10.1 Å². The number of hydrogen-bond donors (Lipinski definition) is 1. The standard InChI is InChI=1S/C24H25N3O3S/c1-16(28)18-8-9-21(30-2)19(12-18)13-23(29)26-24-25-20-10-11-27(15-22(20)31-24)14-17-6-4-3-5-7-17/h3-9,12H,10-11,13-15H2,1-2H3,(H,25,26,29). The number of hydrogen-bond acceptors (Lipinski definition) is 6. The minimum atomic E-state index is -0.175. The van der Waals surface area contributed by atoms with Gasteiger partial charge in [-0.2, -0.15) is 0 Å². The summed E-state index contributed by atoms with van der Waals surface area (Å²) in [6.07, 6.45) is 0.998. The number of ether oxygens (including phenoxy) is 1. The molecule has 31 heavy (non-hydrogen) atoms. The third-order valence-corrected chi connectivity index (χ3v) is 6.34. The van der Waals surface area contributed by atoms with Crippen LogP contribution in [0.1, 0.15) is 39.0 Å². The largest absolute Gasteiger partial charge is 0.496 e. The Morgan fingerprint density at radius 2 is 2.00 bits per heavy atom. The molecule has 1 amide bonds. The van der Waals surface area contributed by atoms with E-state index in [2.05, 4.69) is 39.5 Å². The van der Waals surface area contributed by atoms with E-state index in [9.17, 15) is 9.59 Å². The zero-order valence-corrected chi connectivity index (χ0v) is 18.5. The summed E-state index contributed by atoms with van der Waals surface area (Å²) in [5.74, 6) is 0.373. The lowest BCUT2D eigenvalue weighted by Gasteiger charge is -2.25. The van der Waals surface area contributed by atoms with Gasteiger partial charge in [0.1, 0.15) is 5.75 Å². The normalized spacial score (nSPS) is 13.5. The summed E-state index contributed by atoms with van der Waals surface area (Å²) in [6.45, 7) is 4.21. The maximum Gasteiger partial charge on any atom is 0.230 e. The minimum absolute atomic E-state index is 0.0445. The lowest BCUT2D eigenvalue weighted by atomic mass is 10.0. The molecular weight excluding hydrogens is 410 g/mol. The molecule has 1 aromatic heterocycles. The molecular formula is C24H25N3O3S. The zero-order valence-electron chi connectivity index (χ0n) is 17.7. The molecule has 0 unspecified atom stereocenters. The summed E-state index contributed by atoms with van der Waals surface area (Å²) in [5.41, 5.74) is 3.61. The molecule has 1 aliphatic heterocycles. The quantitative estimate of drug-likeness (QED) is 0.566. The number of nitrogens with zero attached hydrogens (tertiary/aromatic N) is 2. The van der Waals surface area contributed by atoms with Crippen molar-refractivity contribution in [3.63, 3.8) is 0 Å². The predicted octanol–water partition coefficient (Wildman–Crippen LogP) is 4.09. The first-order chi connectivity index (χ1) is 15.0. The number of nitrogens with one attached hydrogen (secondary N) is 1. The topological polar surface area (TPSA) is 71.5 Å². The molecule has 0 radical (unpaired) electrons. The van der Waals surface area contributed by atoms with Crippen molar-refractivity contribution in [1.82, 2.24) is 9.88 Å². The fraction of sp³-hybridized carbons (Fsp3) is 0.292. The Bertz CT molecular complexity index is 1090. The number of benzene rings is 2. The summed E-state index contributed by atoms with van der Waals surface area (Å²) in [6, 6.07) is 15.6. The van der Waals surface area contributed by atoms with Crippen molar-refractivity contribution >= 4 is 28.2 Å². The van der Waals surface area contributed by atoms with E-state index >= 15 is 0 Å². The van der Waals surface area contributed by atoms with E-state index in [0.717, 1.165) is 31.7 Å². The van der Waals surface area contributed by atoms with Crippen LogP contribution in [0, 0.1) is 0 Å². The number of fused-ring (bicyclic) bond motifs is 1. The molecule has 3 aromatic rings. The van der Waals surface area contributed by atoms with Crippen molar-refractivity contribution in [3.05, 3.63) is 75.8 Å². The lowest BCUT2D eigenvalue weighted by Crippen LogP contribution is -2.29. The van der Waals surface area contributed by atoms with Gasteiger partial charge < -0.3 is 10.1 Å². The second-order valence-electron chi connectivity index (χ2n) is 7.64. The number of aromatic nitrogens is 1. The first-order valence-corrected chi connectivity index (χ1v) is 11.1. The van der Waals surface area contributed by atoms with E-state index in [1.807, 2.05) is 6.07 Å². The van der Waals surface area contributed by atoms with Gasteiger partial charge in [0.05, 0.1) is 19.2 Å². The van der Waals surface area contributed by atoms with Gasteiger partial charge in [-0.1, -0.05) is 30.3 Å². The van der Waals surface area contributed by atoms with Crippen LogP contribution in [0.4, 0.5) is 5.13 Å². The number of anilines is 1.